The van der Waals surface area contributed by atoms with Gasteiger partial charge in [-0.3, -0.25) is 4.57 Å². The molecule has 0 radical (unpaired) electrons. The van der Waals surface area contributed by atoms with Crippen LogP contribution in [0.15, 0.2) is 6.20 Å². The summed E-state index contributed by atoms with van der Waals surface area (Å²) >= 11 is 2.23. The van der Waals surface area contributed by atoms with Crippen LogP contribution in [0.5, 0.6) is 0 Å². The molecular formula is C10H19IN2OSi. The molecule has 0 aliphatic heterocycles. The van der Waals surface area contributed by atoms with Crippen molar-refractivity contribution >= 4 is 30.7 Å². The second-order valence-electron chi connectivity index (χ2n) is 4.94. The molecule has 0 atom stereocenters. The first-order chi connectivity index (χ1) is 6.90. The number of ether oxygens (including phenoxy) is 1. The van der Waals surface area contributed by atoms with E-state index in [1.807, 2.05) is 6.20 Å². The molecule has 0 spiro atoms. The van der Waals surface area contributed by atoms with E-state index in [9.17, 15) is 0 Å². The molecule has 1 aromatic heterocycles. The van der Waals surface area contributed by atoms with Gasteiger partial charge < -0.3 is 4.74 Å². The van der Waals surface area contributed by atoms with Crippen molar-refractivity contribution < 1.29 is 4.74 Å². The standard InChI is InChI=1S/C10H19IN2OSi/c1-9-7-12-10(11)13(9)8-14-5-6-15(2,3)4/h7H,5-6,8H2,1-4H3. The summed E-state index contributed by atoms with van der Waals surface area (Å²) in [5.74, 6) is 0. The van der Waals surface area contributed by atoms with Crippen molar-refractivity contribution in [3.63, 3.8) is 0 Å². The van der Waals surface area contributed by atoms with E-state index in [2.05, 4.69) is 58.7 Å². The Hall–Kier alpha value is 0.117. The second kappa shape index (κ2) is 5.45. The Labute approximate surface area is 106 Å². The summed E-state index contributed by atoms with van der Waals surface area (Å²) in [5, 5.41) is 0. The predicted molar refractivity (Wildman–Crippen MR) is 73.8 cm³/mol. The number of hydrogen-bond donors (Lipinski definition) is 0. The van der Waals surface area contributed by atoms with E-state index in [4.69, 9.17) is 4.74 Å². The van der Waals surface area contributed by atoms with Crippen molar-refractivity contribution in [3.05, 3.63) is 15.7 Å². The van der Waals surface area contributed by atoms with Crippen LogP contribution in [0.3, 0.4) is 0 Å². The lowest BCUT2D eigenvalue weighted by Gasteiger charge is -2.16. The van der Waals surface area contributed by atoms with Crippen LogP contribution >= 0.6 is 22.6 Å². The maximum Gasteiger partial charge on any atom is 0.173 e. The van der Waals surface area contributed by atoms with Gasteiger partial charge in [-0.2, -0.15) is 0 Å². The van der Waals surface area contributed by atoms with E-state index < -0.39 is 8.07 Å². The van der Waals surface area contributed by atoms with Gasteiger partial charge in [-0.15, -0.1) is 0 Å². The third-order valence-corrected chi connectivity index (χ3v) is 4.79. The van der Waals surface area contributed by atoms with Crippen molar-refractivity contribution in [2.24, 2.45) is 0 Å². The minimum atomic E-state index is -0.958. The van der Waals surface area contributed by atoms with Gasteiger partial charge in [-0.05, 0) is 13.0 Å². The molecule has 5 heteroatoms. The number of aryl methyl sites for hydroxylation is 1. The number of aromatic nitrogens is 2. The molecule has 15 heavy (non-hydrogen) atoms. The van der Waals surface area contributed by atoms with Crippen molar-refractivity contribution in [3.8, 4) is 0 Å². The lowest BCUT2D eigenvalue weighted by molar-refractivity contribution is 0.0841. The number of nitrogens with zero attached hydrogens (tertiary/aromatic N) is 2. The fourth-order valence-corrected chi connectivity index (χ4v) is 2.54. The lowest BCUT2D eigenvalue weighted by Crippen LogP contribution is -2.22. The zero-order valence-corrected chi connectivity index (χ0v) is 13.0. The summed E-state index contributed by atoms with van der Waals surface area (Å²) in [6, 6.07) is 1.22. The van der Waals surface area contributed by atoms with Gasteiger partial charge in [0.1, 0.15) is 6.73 Å². The van der Waals surface area contributed by atoms with Gasteiger partial charge in [0.25, 0.3) is 0 Å². The van der Waals surface area contributed by atoms with Gasteiger partial charge in [0, 0.05) is 49.2 Å². The molecule has 0 amide bonds. The highest BCUT2D eigenvalue weighted by molar-refractivity contribution is 14.1. The van der Waals surface area contributed by atoms with Crippen LogP contribution in [0.2, 0.25) is 25.7 Å². The first kappa shape index (κ1) is 13.2. The molecule has 0 bridgehead atoms. The van der Waals surface area contributed by atoms with Crippen LogP contribution < -0.4 is 0 Å². The molecule has 0 unspecified atom stereocenters. The Morgan fingerprint density at radius 3 is 2.60 bits per heavy atom. The third kappa shape index (κ3) is 4.65. The molecular weight excluding hydrogens is 319 g/mol. The van der Waals surface area contributed by atoms with E-state index in [0.29, 0.717) is 6.73 Å². The smallest absolute Gasteiger partial charge is 0.173 e. The first-order valence-electron chi connectivity index (χ1n) is 5.15. The number of hydrogen-bond acceptors (Lipinski definition) is 2. The molecule has 3 nitrogen and oxygen atoms in total. The zero-order valence-electron chi connectivity index (χ0n) is 9.88. The minimum Gasteiger partial charge on any atom is -0.361 e. The fourth-order valence-electron chi connectivity index (χ4n) is 1.12. The SMILES string of the molecule is Cc1cnc(I)n1COCC[Si](C)(C)C. The number of rotatable bonds is 5. The minimum absolute atomic E-state index is 0.634. The molecule has 0 saturated carbocycles. The quantitative estimate of drug-likeness (QED) is 0.469. The van der Waals surface area contributed by atoms with E-state index in [0.717, 1.165) is 16.1 Å². The van der Waals surface area contributed by atoms with Gasteiger partial charge in [0.05, 0.1) is 0 Å². The van der Waals surface area contributed by atoms with Crippen molar-refractivity contribution in [2.75, 3.05) is 6.61 Å². The van der Waals surface area contributed by atoms with Crippen LogP contribution in [-0.2, 0) is 11.5 Å². The molecule has 0 aromatic carbocycles. The predicted octanol–water partition coefficient (Wildman–Crippen LogP) is 3.11. The highest BCUT2D eigenvalue weighted by Gasteiger charge is 2.12. The van der Waals surface area contributed by atoms with Crippen LogP contribution in [0.4, 0.5) is 0 Å². The van der Waals surface area contributed by atoms with Crippen molar-refractivity contribution in [2.45, 2.75) is 39.3 Å². The normalized spacial score (nSPS) is 12.1. The molecule has 86 valence electrons. The summed E-state index contributed by atoms with van der Waals surface area (Å²) in [7, 11) is -0.958. The fraction of sp³-hybridized carbons (Fsp3) is 0.700. The van der Waals surface area contributed by atoms with Gasteiger partial charge >= 0.3 is 0 Å². The molecule has 1 rings (SSSR count). The summed E-state index contributed by atoms with van der Waals surface area (Å²) in [6.07, 6.45) is 1.88. The maximum atomic E-state index is 5.67. The Morgan fingerprint density at radius 2 is 2.13 bits per heavy atom. The van der Waals surface area contributed by atoms with E-state index in [-0.39, 0.29) is 0 Å². The molecule has 1 heterocycles. The summed E-state index contributed by atoms with van der Waals surface area (Å²) < 4.78 is 8.75. The maximum absolute atomic E-state index is 5.67. The summed E-state index contributed by atoms with van der Waals surface area (Å²) in [6.45, 7) is 10.6. The number of halogens is 1. The average molecular weight is 338 g/mol. The highest BCUT2D eigenvalue weighted by atomic mass is 127. The molecule has 0 aliphatic rings. The molecule has 0 saturated heterocycles. The van der Waals surface area contributed by atoms with Gasteiger partial charge in [-0.25, -0.2) is 4.98 Å². The highest BCUT2D eigenvalue weighted by Crippen LogP contribution is 2.10. The molecule has 0 N–H and O–H groups in total. The molecule has 0 fully saturated rings. The Balaban J connectivity index is 2.32. The molecule has 1 aromatic rings. The van der Waals surface area contributed by atoms with Crippen LogP contribution in [-0.4, -0.2) is 24.2 Å². The van der Waals surface area contributed by atoms with Crippen molar-refractivity contribution in [1.82, 2.24) is 9.55 Å². The Bertz CT molecular complexity index is 300. The Morgan fingerprint density at radius 1 is 1.47 bits per heavy atom. The topological polar surface area (TPSA) is 27.1 Å². The lowest BCUT2D eigenvalue weighted by atomic mass is 10.5. The summed E-state index contributed by atoms with van der Waals surface area (Å²) in [4.78, 5) is 4.22. The average Bonchev–Trinajstić information content (AvgIpc) is 2.40. The second-order valence-corrected chi connectivity index (χ2v) is 11.5. The van der Waals surface area contributed by atoms with E-state index in [1.54, 1.807) is 0 Å². The van der Waals surface area contributed by atoms with Gasteiger partial charge in [0.15, 0.2) is 3.83 Å². The Kier molecular flexibility index (Phi) is 4.79. The van der Waals surface area contributed by atoms with E-state index in [1.165, 1.54) is 6.04 Å². The van der Waals surface area contributed by atoms with Gasteiger partial charge in [-0.1, -0.05) is 19.6 Å². The summed E-state index contributed by atoms with van der Waals surface area (Å²) in [5.41, 5.74) is 1.16. The van der Waals surface area contributed by atoms with Crippen LogP contribution in [0.1, 0.15) is 5.69 Å². The van der Waals surface area contributed by atoms with Crippen molar-refractivity contribution in [1.29, 1.82) is 0 Å². The van der Waals surface area contributed by atoms with Gasteiger partial charge in [0.2, 0.25) is 0 Å². The van der Waals surface area contributed by atoms with Crippen LogP contribution in [0.25, 0.3) is 0 Å². The zero-order chi connectivity index (χ0) is 11.5. The van der Waals surface area contributed by atoms with Crippen LogP contribution in [0, 0.1) is 10.8 Å². The van der Waals surface area contributed by atoms with E-state index >= 15 is 0 Å². The monoisotopic (exact) mass is 338 g/mol. The molecule has 0 aliphatic carbocycles. The number of imidazole rings is 1. The third-order valence-electron chi connectivity index (χ3n) is 2.22. The first-order valence-corrected chi connectivity index (χ1v) is 9.94. The largest absolute Gasteiger partial charge is 0.361 e.